The van der Waals surface area contributed by atoms with Gasteiger partial charge in [0.05, 0.1) is 13.2 Å². The first kappa shape index (κ1) is 16.7. The number of hydrogen-bond acceptors (Lipinski definition) is 3. The van der Waals surface area contributed by atoms with Crippen molar-refractivity contribution in [2.75, 3.05) is 14.2 Å². The molecule has 0 saturated heterocycles. The second-order valence-electron chi connectivity index (χ2n) is 6.48. The van der Waals surface area contributed by atoms with E-state index >= 15 is 0 Å². The molecule has 1 aromatic carbocycles. The normalized spacial score (nSPS) is 15.0. The minimum atomic E-state index is -0.141. The van der Waals surface area contributed by atoms with Crippen LogP contribution in [0.3, 0.4) is 0 Å². The molecular weight excluding hydrogens is 250 g/mol. The highest BCUT2D eigenvalue weighted by molar-refractivity contribution is 5.99. The molecule has 0 amide bonds. The van der Waals surface area contributed by atoms with E-state index in [1.807, 2.05) is 38.2 Å². The van der Waals surface area contributed by atoms with Crippen molar-refractivity contribution in [3.05, 3.63) is 29.8 Å². The van der Waals surface area contributed by atoms with E-state index in [4.69, 9.17) is 4.74 Å². The van der Waals surface area contributed by atoms with Gasteiger partial charge in [-0.2, -0.15) is 0 Å². The molecule has 0 N–H and O–H groups in total. The number of ketones is 1. The van der Waals surface area contributed by atoms with Crippen LogP contribution < -0.4 is 4.74 Å². The highest BCUT2D eigenvalue weighted by Gasteiger charge is 2.30. The quantitative estimate of drug-likeness (QED) is 0.770. The maximum atomic E-state index is 12.5. The van der Waals surface area contributed by atoms with Crippen LogP contribution in [0.5, 0.6) is 5.75 Å². The Bertz CT molecular complexity index is 445. The van der Waals surface area contributed by atoms with Crippen LogP contribution in [0.2, 0.25) is 0 Å². The number of nitrogens with zero attached hydrogens (tertiary/aromatic N) is 1. The summed E-state index contributed by atoms with van der Waals surface area (Å²) in [7, 11) is 3.64. The van der Waals surface area contributed by atoms with Crippen LogP contribution in [-0.2, 0) is 0 Å². The van der Waals surface area contributed by atoms with E-state index < -0.39 is 0 Å². The van der Waals surface area contributed by atoms with E-state index in [2.05, 4.69) is 32.6 Å². The van der Waals surface area contributed by atoms with Crippen molar-refractivity contribution < 1.29 is 9.53 Å². The zero-order valence-electron chi connectivity index (χ0n) is 13.7. The van der Waals surface area contributed by atoms with E-state index in [0.717, 1.165) is 11.3 Å². The lowest BCUT2D eigenvalue weighted by Gasteiger charge is -2.38. The van der Waals surface area contributed by atoms with Gasteiger partial charge in [0.15, 0.2) is 5.78 Å². The number of carbonyl (C=O) groups excluding carboxylic acids is 1. The molecule has 0 radical (unpaired) electrons. The zero-order valence-corrected chi connectivity index (χ0v) is 13.7. The second kappa shape index (κ2) is 6.40. The molecule has 112 valence electrons. The fourth-order valence-corrected chi connectivity index (χ4v) is 2.13. The Morgan fingerprint density at radius 2 is 1.65 bits per heavy atom. The maximum absolute atomic E-state index is 12.5. The van der Waals surface area contributed by atoms with E-state index in [-0.39, 0.29) is 17.2 Å². The molecule has 0 aromatic heterocycles. The predicted molar refractivity (Wildman–Crippen MR) is 83.5 cm³/mol. The van der Waals surface area contributed by atoms with Crippen LogP contribution in [0.15, 0.2) is 24.3 Å². The fourth-order valence-electron chi connectivity index (χ4n) is 2.13. The first-order valence-electron chi connectivity index (χ1n) is 7.08. The number of likely N-dealkylation sites (N-methyl/N-ethyl adjacent to an activating group) is 1. The lowest BCUT2D eigenvalue weighted by atomic mass is 9.86. The lowest BCUT2D eigenvalue weighted by Crippen LogP contribution is -2.47. The lowest BCUT2D eigenvalue weighted by molar-refractivity contribution is 0.0695. The van der Waals surface area contributed by atoms with E-state index in [9.17, 15) is 4.79 Å². The molecule has 0 heterocycles. The molecule has 3 nitrogen and oxygen atoms in total. The number of rotatable bonds is 5. The van der Waals surface area contributed by atoms with Crippen molar-refractivity contribution in [3.8, 4) is 5.75 Å². The first-order chi connectivity index (χ1) is 9.18. The number of Topliss-reactive ketones (excluding diaryl/α,β-unsaturated/α-hetero) is 1. The summed E-state index contributed by atoms with van der Waals surface area (Å²) in [4.78, 5) is 14.7. The highest BCUT2D eigenvalue weighted by Crippen LogP contribution is 2.25. The number of carbonyl (C=O) groups is 1. The summed E-state index contributed by atoms with van der Waals surface area (Å²) >= 11 is 0. The van der Waals surface area contributed by atoms with Gasteiger partial charge in [-0.25, -0.2) is 0 Å². The Hall–Kier alpha value is -1.35. The van der Waals surface area contributed by atoms with Crippen LogP contribution >= 0.6 is 0 Å². The van der Waals surface area contributed by atoms with Crippen molar-refractivity contribution in [3.63, 3.8) is 0 Å². The Morgan fingerprint density at radius 3 is 2.05 bits per heavy atom. The van der Waals surface area contributed by atoms with Gasteiger partial charge in [0.1, 0.15) is 5.75 Å². The first-order valence-corrected chi connectivity index (χ1v) is 7.08. The summed E-state index contributed by atoms with van der Waals surface area (Å²) < 4.78 is 5.12. The molecule has 20 heavy (non-hydrogen) atoms. The molecule has 2 unspecified atom stereocenters. The molecular formula is C17H27NO2. The van der Waals surface area contributed by atoms with Gasteiger partial charge in [0, 0.05) is 11.6 Å². The van der Waals surface area contributed by atoms with Gasteiger partial charge in [-0.3, -0.25) is 9.69 Å². The van der Waals surface area contributed by atoms with Gasteiger partial charge in [-0.15, -0.1) is 0 Å². The largest absolute Gasteiger partial charge is 0.497 e. The van der Waals surface area contributed by atoms with Crippen LogP contribution in [-0.4, -0.2) is 36.9 Å². The third kappa shape index (κ3) is 3.83. The van der Waals surface area contributed by atoms with Crippen LogP contribution in [0, 0.1) is 5.41 Å². The van der Waals surface area contributed by atoms with Gasteiger partial charge >= 0.3 is 0 Å². The second-order valence-corrected chi connectivity index (χ2v) is 6.48. The summed E-state index contributed by atoms with van der Waals surface area (Å²) in [6.07, 6.45) is 0. The minimum Gasteiger partial charge on any atom is -0.497 e. The van der Waals surface area contributed by atoms with E-state index in [0.29, 0.717) is 6.04 Å². The molecule has 0 spiro atoms. The van der Waals surface area contributed by atoms with Crippen molar-refractivity contribution in [2.45, 2.75) is 46.7 Å². The molecule has 1 rings (SSSR count). The minimum absolute atomic E-state index is 0.141. The number of benzene rings is 1. The topological polar surface area (TPSA) is 29.5 Å². The Morgan fingerprint density at radius 1 is 1.15 bits per heavy atom. The summed E-state index contributed by atoms with van der Waals surface area (Å²) in [6, 6.07) is 7.48. The van der Waals surface area contributed by atoms with E-state index in [1.54, 1.807) is 7.11 Å². The Kier molecular flexibility index (Phi) is 5.35. The van der Waals surface area contributed by atoms with Crippen molar-refractivity contribution >= 4 is 5.78 Å². The van der Waals surface area contributed by atoms with Crippen LogP contribution in [0.1, 0.15) is 45.0 Å². The van der Waals surface area contributed by atoms with Crippen molar-refractivity contribution in [1.29, 1.82) is 0 Å². The van der Waals surface area contributed by atoms with Gasteiger partial charge in [0.2, 0.25) is 0 Å². The number of hydrogen-bond donors (Lipinski definition) is 0. The SMILES string of the molecule is COc1ccc(C(=O)C(C)N(C)C(C)C(C)(C)C)cc1. The summed E-state index contributed by atoms with van der Waals surface area (Å²) in [5.74, 6) is 0.914. The van der Waals surface area contributed by atoms with E-state index in [1.165, 1.54) is 0 Å². The molecule has 2 atom stereocenters. The average Bonchev–Trinajstić information content (AvgIpc) is 2.43. The van der Waals surface area contributed by atoms with Crippen molar-refractivity contribution in [1.82, 2.24) is 4.90 Å². The van der Waals surface area contributed by atoms with Crippen LogP contribution in [0.25, 0.3) is 0 Å². The number of methoxy groups -OCH3 is 1. The maximum Gasteiger partial charge on any atom is 0.179 e. The molecule has 3 heteroatoms. The molecule has 0 aliphatic rings. The molecule has 0 aliphatic heterocycles. The highest BCUT2D eigenvalue weighted by atomic mass is 16.5. The summed E-state index contributed by atoms with van der Waals surface area (Å²) in [6.45, 7) is 10.7. The molecule has 0 aliphatic carbocycles. The fraction of sp³-hybridized carbons (Fsp3) is 0.588. The average molecular weight is 277 g/mol. The Labute approximate surface area is 122 Å². The number of ether oxygens (including phenoxy) is 1. The summed E-state index contributed by atoms with van der Waals surface area (Å²) in [5.41, 5.74) is 0.870. The molecule has 0 fully saturated rings. The van der Waals surface area contributed by atoms with Crippen LogP contribution in [0.4, 0.5) is 0 Å². The molecule has 1 aromatic rings. The Balaban J connectivity index is 2.85. The molecule has 0 bridgehead atoms. The van der Waals surface area contributed by atoms with Gasteiger partial charge < -0.3 is 4.74 Å². The van der Waals surface area contributed by atoms with Gasteiger partial charge in [-0.05, 0) is 50.6 Å². The summed E-state index contributed by atoms with van der Waals surface area (Å²) in [5, 5.41) is 0. The van der Waals surface area contributed by atoms with Crippen molar-refractivity contribution in [2.24, 2.45) is 5.41 Å². The van der Waals surface area contributed by atoms with Gasteiger partial charge in [0.25, 0.3) is 0 Å². The third-order valence-corrected chi connectivity index (χ3v) is 4.23. The zero-order chi connectivity index (χ0) is 15.5. The van der Waals surface area contributed by atoms with Gasteiger partial charge in [-0.1, -0.05) is 20.8 Å². The monoisotopic (exact) mass is 277 g/mol. The standard InChI is InChI=1S/C17H27NO2/c1-12(18(6)13(2)17(3,4)5)16(19)14-8-10-15(20-7)11-9-14/h8-13H,1-7H3. The predicted octanol–water partition coefficient (Wildman–Crippen LogP) is 3.63. The molecule has 0 saturated carbocycles. The smallest absolute Gasteiger partial charge is 0.179 e. The third-order valence-electron chi connectivity index (χ3n) is 4.23.